The lowest BCUT2D eigenvalue weighted by molar-refractivity contribution is 0.355. The van der Waals surface area contributed by atoms with Gasteiger partial charge in [0.1, 0.15) is 11.3 Å². The van der Waals surface area contributed by atoms with E-state index in [0.717, 1.165) is 20.1 Å². The molecule has 0 aliphatic heterocycles. The van der Waals surface area contributed by atoms with Gasteiger partial charge in [-0.05, 0) is 48.0 Å². The molecule has 4 rings (SSSR count). The molecule has 1 N–H and O–H groups in total. The molecule has 132 valence electrons. The standard InChI is InChI=1S/C19H15FN2O2S2/c1-23-13-7-6-11(10-14(13)24-2)15-8-9-17(25-15)21-19-22-18-12(20)4-3-5-16(18)26-19/h3-10H,1-2H3,(H,21,22). The summed E-state index contributed by atoms with van der Waals surface area (Å²) in [5.41, 5.74) is 1.44. The maximum atomic E-state index is 13.8. The first-order chi connectivity index (χ1) is 12.7. The minimum absolute atomic E-state index is 0.302. The third kappa shape index (κ3) is 3.11. The average molecular weight is 386 g/mol. The van der Waals surface area contributed by atoms with E-state index in [1.807, 2.05) is 36.4 Å². The largest absolute Gasteiger partial charge is 0.493 e. The van der Waals surface area contributed by atoms with Crippen LogP contribution in [0, 0.1) is 5.82 Å². The Morgan fingerprint density at radius 3 is 2.58 bits per heavy atom. The highest BCUT2D eigenvalue weighted by molar-refractivity contribution is 7.23. The summed E-state index contributed by atoms with van der Waals surface area (Å²) in [6.07, 6.45) is 0. The van der Waals surface area contributed by atoms with Crippen molar-refractivity contribution >= 4 is 43.0 Å². The van der Waals surface area contributed by atoms with Crippen LogP contribution in [0.1, 0.15) is 0 Å². The quantitative estimate of drug-likeness (QED) is 0.462. The fraction of sp³-hybridized carbons (Fsp3) is 0.105. The van der Waals surface area contributed by atoms with Crippen molar-refractivity contribution in [3.8, 4) is 21.9 Å². The van der Waals surface area contributed by atoms with E-state index in [2.05, 4.69) is 10.3 Å². The van der Waals surface area contributed by atoms with E-state index in [1.54, 1.807) is 31.6 Å². The Balaban J connectivity index is 1.60. The zero-order valence-electron chi connectivity index (χ0n) is 14.1. The first-order valence-electron chi connectivity index (χ1n) is 7.82. The summed E-state index contributed by atoms with van der Waals surface area (Å²) in [7, 11) is 3.24. The van der Waals surface area contributed by atoms with E-state index < -0.39 is 0 Å². The minimum Gasteiger partial charge on any atom is -0.493 e. The van der Waals surface area contributed by atoms with Crippen molar-refractivity contribution in [2.45, 2.75) is 0 Å². The number of rotatable bonds is 5. The van der Waals surface area contributed by atoms with Crippen LogP contribution >= 0.6 is 22.7 Å². The zero-order valence-corrected chi connectivity index (χ0v) is 15.7. The third-order valence-electron chi connectivity index (χ3n) is 3.87. The predicted octanol–water partition coefficient (Wildman–Crippen LogP) is 5.92. The summed E-state index contributed by atoms with van der Waals surface area (Å²) in [6.45, 7) is 0. The lowest BCUT2D eigenvalue weighted by atomic mass is 10.1. The molecule has 0 saturated heterocycles. The van der Waals surface area contributed by atoms with Gasteiger partial charge in [0.15, 0.2) is 16.6 Å². The van der Waals surface area contributed by atoms with Crippen LogP contribution in [0.15, 0.2) is 48.5 Å². The highest BCUT2D eigenvalue weighted by atomic mass is 32.1. The molecule has 26 heavy (non-hydrogen) atoms. The number of benzene rings is 2. The highest BCUT2D eigenvalue weighted by Crippen LogP contribution is 2.38. The number of halogens is 1. The number of nitrogens with zero attached hydrogens (tertiary/aromatic N) is 1. The molecule has 7 heteroatoms. The highest BCUT2D eigenvalue weighted by Gasteiger charge is 2.11. The number of hydrogen-bond donors (Lipinski definition) is 1. The van der Waals surface area contributed by atoms with Gasteiger partial charge in [0, 0.05) is 4.88 Å². The van der Waals surface area contributed by atoms with Crippen molar-refractivity contribution in [2.75, 3.05) is 19.5 Å². The van der Waals surface area contributed by atoms with Gasteiger partial charge in [0.05, 0.1) is 23.9 Å². The molecule has 0 aliphatic rings. The Labute approximate surface area is 157 Å². The maximum absolute atomic E-state index is 13.8. The smallest absolute Gasteiger partial charge is 0.188 e. The number of hydrogen-bond acceptors (Lipinski definition) is 6. The number of thiophene rings is 1. The summed E-state index contributed by atoms with van der Waals surface area (Å²) in [4.78, 5) is 5.43. The van der Waals surface area contributed by atoms with E-state index in [0.29, 0.717) is 22.1 Å². The molecule has 0 amide bonds. The summed E-state index contributed by atoms with van der Waals surface area (Å²) >= 11 is 3.02. The van der Waals surface area contributed by atoms with Crippen molar-refractivity contribution in [3.63, 3.8) is 0 Å². The number of thiazole rings is 1. The molecule has 0 unspecified atom stereocenters. The predicted molar refractivity (Wildman–Crippen MR) is 106 cm³/mol. The van der Waals surface area contributed by atoms with Crippen LogP contribution in [0.2, 0.25) is 0 Å². The van der Waals surface area contributed by atoms with E-state index in [9.17, 15) is 4.39 Å². The maximum Gasteiger partial charge on any atom is 0.188 e. The van der Waals surface area contributed by atoms with Gasteiger partial charge in [0.25, 0.3) is 0 Å². The molecule has 4 nitrogen and oxygen atoms in total. The molecule has 0 aliphatic carbocycles. The molecule has 0 radical (unpaired) electrons. The van der Waals surface area contributed by atoms with Crippen LogP contribution in [0.4, 0.5) is 14.5 Å². The van der Waals surface area contributed by atoms with Crippen molar-refractivity contribution in [3.05, 3.63) is 54.3 Å². The van der Waals surface area contributed by atoms with Crippen LogP contribution in [0.5, 0.6) is 11.5 Å². The van der Waals surface area contributed by atoms with Crippen molar-refractivity contribution in [1.29, 1.82) is 0 Å². The molecule has 0 atom stereocenters. The summed E-state index contributed by atoms with van der Waals surface area (Å²) < 4.78 is 25.3. The van der Waals surface area contributed by atoms with Gasteiger partial charge < -0.3 is 14.8 Å². The number of nitrogens with one attached hydrogen (secondary N) is 1. The summed E-state index contributed by atoms with van der Waals surface area (Å²) in [6, 6.07) is 14.8. The van der Waals surface area contributed by atoms with Gasteiger partial charge in [-0.2, -0.15) is 0 Å². The van der Waals surface area contributed by atoms with E-state index in [-0.39, 0.29) is 5.82 Å². The lowest BCUT2D eigenvalue weighted by Gasteiger charge is -2.08. The van der Waals surface area contributed by atoms with Crippen molar-refractivity contribution in [2.24, 2.45) is 0 Å². The SMILES string of the molecule is COc1ccc(-c2ccc(Nc3nc4c(F)cccc4s3)s2)cc1OC. The monoisotopic (exact) mass is 386 g/mol. The minimum atomic E-state index is -0.302. The average Bonchev–Trinajstić information content (AvgIpc) is 3.29. The first-order valence-corrected chi connectivity index (χ1v) is 9.45. The van der Waals surface area contributed by atoms with E-state index in [4.69, 9.17) is 9.47 Å². The second-order valence-electron chi connectivity index (χ2n) is 5.46. The van der Waals surface area contributed by atoms with E-state index in [1.165, 1.54) is 17.4 Å². The fourth-order valence-corrected chi connectivity index (χ4v) is 4.48. The van der Waals surface area contributed by atoms with Gasteiger partial charge in [0.2, 0.25) is 0 Å². The van der Waals surface area contributed by atoms with Gasteiger partial charge >= 0.3 is 0 Å². The molecule has 2 aromatic carbocycles. The molecule has 2 aromatic heterocycles. The Morgan fingerprint density at radius 1 is 0.962 bits per heavy atom. The number of aromatic nitrogens is 1. The van der Waals surface area contributed by atoms with Crippen molar-refractivity contribution < 1.29 is 13.9 Å². The second kappa shape index (κ2) is 6.93. The van der Waals surface area contributed by atoms with Crippen LogP contribution in [-0.2, 0) is 0 Å². The molecular formula is C19H15FN2O2S2. The molecule has 0 saturated carbocycles. The topological polar surface area (TPSA) is 43.4 Å². The Kier molecular flexibility index (Phi) is 4.48. The molecule has 0 fully saturated rings. The normalized spacial score (nSPS) is 10.9. The van der Waals surface area contributed by atoms with Gasteiger partial charge in [-0.25, -0.2) is 9.37 Å². The van der Waals surface area contributed by atoms with E-state index >= 15 is 0 Å². The number of fused-ring (bicyclic) bond motifs is 1. The second-order valence-corrected chi connectivity index (χ2v) is 7.58. The fourth-order valence-electron chi connectivity index (χ4n) is 2.62. The van der Waals surface area contributed by atoms with Gasteiger partial charge in [-0.3, -0.25) is 0 Å². The number of anilines is 2. The lowest BCUT2D eigenvalue weighted by Crippen LogP contribution is -1.90. The van der Waals surface area contributed by atoms with Crippen LogP contribution in [0.3, 0.4) is 0 Å². The van der Waals surface area contributed by atoms with Crippen LogP contribution < -0.4 is 14.8 Å². The van der Waals surface area contributed by atoms with Crippen LogP contribution in [-0.4, -0.2) is 19.2 Å². The first kappa shape index (κ1) is 16.8. The van der Waals surface area contributed by atoms with Gasteiger partial charge in [-0.15, -0.1) is 11.3 Å². The number of ether oxygens (including phenoxy) is 2. The molecule has 0 spiro atoms. The molecule has 4 aromatic rings. The molecule has 0 bridgehead atoms. The Bertz CT molecular complexity index is 1070. The van der Waals surface area contributed by atoms with Crippen molar-refractivity contribution in [1.82, 2.24) is 4.98 Å². The number of para-hydroxylation sites is 1. The van der Waals surface area contributed by atoms with Crippen LogP contribution in [0.25, 0.3) is 20.7 Å². The summed E-state index contributed by atoms with van der Waals surface area (Å²) in [5, 5.41) is 4.88. The third-order valence-corrected chi connectivity index (χ3v) is 5.86. The summed E-state index contributed by atoms with van der Waals surface area (Å²) in [5.74, 6) is 1.08. The number of methoxy groups -OCH3 is 2. The molecular weight excluding hydrogens is 371 g/mol. The zero-order chi connectivity index (χ0) is 18.1. The molecule has 2 heterocycles. The Hall–Kier alpha value is -2.64. The van der Waals surface area contributed by atoms with Gasteiger partial charge in [-0.1, -0.05) is 17.4 Å². The Morgan fingerprint density at radius 2 is 1.81 bits per heavy atom.